The predicted molar refractivity (Wildman–Crippen MR) is 142 cm³/mol. The van der Waals surface area contributed by atoms with Crippen LogP contribution in [0.25, 0.3) is 11.4 Å². The number of carboxylic acid groups (broad SMARTS) is 1. The van der Waals surface area contributed by atoms with Crippen molar-refractivity contribution in [1.82, 2.24) is 25.1 Å². The molecule has 0 radical (unpaired) electrons. The molecule has 0 spiro atoms. The first-order valence-electron chi connectivity index (χ1n) is 13.3. The molecule has 2 fully saturated rings. The number of hydrogen-bond donors (Lipinski definition) is 2. The summed E-state index contributed by atoms with van der Waals surface area (Å²) in [5.41, 5.74) is 0.858. The summed E-state index contributed by atoms with van der Waals surface area (Å²) in [4.78, 5) is 64.5. The highest BCUT2D eigenvalue weighted by Gasteiger charge is 2.31. The van der Waals surface area contributed by atoms with E-state index in [1.807, 2.05) is 30.3 Å². The quantitative estimate of drug-likeness (QED) is 0.490. The van der Waals surface area contributed by atoms with Crippen molar-refractivity contribution in [1.29, 1.82) is 0 Å². The van der Waals surface area contributed by atoms with Crippen molar-refractivity contribution in [3.8, 4) is 11.4 Å². The van der Waals surface area contributed by atoms with Gasteiger partial charge in [0, 0.05) is 57.3 Å². The summed E-state index contributed by atoms with van der Waals surface area (Å²) in [6, 6.07) is 9.89. The highest BCUT2D eigenvalue weighted by atomic mass is 16.6. The van der Waals surface area contributed by atoms with Crippen LogP contribution in [-0.4, -0.2) is 101 Å². The maximum atomic E-state index is 13.4. The molecule has 1 aromatic heterocycles. The van der Waals surface area contributed by atoms with Crippen LogP contribution >= 0.6 is 0 Å². The first-order valence-corrected chi connectivity index (χ1v) is 13.3. The second-order valence-electron chi connectivity index (χ2n) is 9.46. The molecule has 3 amide bonds. The molecule has 0 bridgehead atoms. The number of ether oxygens (including phenoxy) is 1. The average Bonchev–Trinajstić information content (AvgIpc) is 3.50. The lowest BCUT2D eigenvalue weighted by molar-refractivity contribution is -0.138. The minimum atomic E-state index is -1.07. The third-order valence-electron chi connectivity index (χ3n) is 6.77. The third-order valence-corrected chi connectivity index (χ3v) is 6.77. The number of piperazine rings is 1. The second kappa shape index (κ2) is 13.0. The molecule has 1 aromatic carbocycles. The molecule has 1 unspecified atom stereocenters. The molecule has 2 aliphatic rings. The fourth-order valence-electron chi connectivity index (χ4n) is 4.68. The Morgan fingerprint density at radius 2 is 1.64 bits per heavy atom. The highest BCUT2D eigenvalue weighted by Crippen LogP contribution is 2.23. The summed E-state index contributed by atoms with van der Waals surface area (Å²) in [5.74, 6) is -1.02. The summed E-state index contributed by atoms with van der Waals surface area (Å²) in [6.45, 7) is 4.71. The summed E-state index contributed by atoms with van der Waals surface area (Å²) >= 11 is 0. The third kappa shape index (κ3) is 7.21. The van der Waals surface area contributed by atoms with Gasteiger partial charge in [0.05, 0.1) is 6.61 Å². The number of nitrogens with one attached hydrogen (secondary N) is 1. The van der Waals surface area contributed by atoms with Gasteiger partial charge in [-0.1, -0.05) is 30.3 Å². The van der Waals surface area contributed by atoms with Gasteiger partial charge in [0.2, 0.25) is 5.91 Å². The van der Waals surface area contributed by atoms with E-state index in [0.717, 1.165) is 31.5 Å². The van der Waals surface area contributed by atoms with Crippen LogP contribution in [-0.2, 0) is 14.3 Å². The van der Waals surface area contributed by atoms with Crippen molar-refractivity contribution < 1.29 is 29.0 Å². The van der Waals surface area contributed by atoms with Crippen molar-refractivity contribution in [2.24, 2.45) is 0 Å². The molecule has 2 N–H and O–H groups in total. The molecule has 2 aliphatic heterocycles. The van der Waals surface area contributed by atoms with Crippen LogP contribution in [0, 0.1) is 0 Å². The predicted octanol–water partition coefficient (Wildman–Crippen LogP) is 2.01. The van der Waals surface area contributed by atoms with Crippen LogP contribution < -0.4 is 10.2 Å². The zero-order valence-electron chi connectivity index (χ0n) is 22.0. The SMILES string of the molecule is CCOC(=O)N1CCN(C(=O)C(CCC(=O)O)NC(=O)c2cc(N3CCCC3)nc(-c3ccccc3)n2)CC1. The summed E-state index contributed by atoms with van der Waals surface area (Å²) in [5, 5.41) is 12.0. The van der Waals surface area contributed by atoms with Gasteiger partial charge in [-0.15, -0.1) is 0 Å². The molecule has 39 heavy (non-hydrogen) atoms. The number of amides is 3. The Bertz CT molecular complexity index is 1180. The number of benzene rings is 1. The van der Waals surface area contributed by atoms with Crippen LogP contribution in [0.3, 0.4) is 0 Å². The van der Waals surface area contributed by atoms with Gasteiger partial charge in [0.15, 0.2) is 5.82 Å². The summed E-state index contributed by atoms with van der Waals surface area (Å²) in [6.07, 6.45) is 1.25. The molecule has 12 heteroatoms. The average molecular weight is 539 g/mol. The number of carbonyl (C=O) groups is 4. The Hall–Kier alpha value is -4.22. The van der Waals surface area contributed by atoms with E-state index in [-0.39, 0.29) is 51.3 Å². The van der Waals surface area contributed by atoms with Crippen LogP contribution in [0.1, 0.15) is 43.1 Å². The lowest BCUT2D eigenvalue weighted by atomic mass is 10.1. The van der Waals surface area contributed by atoms with Crippen LogP contribution in [0.4, 0.5) is 10.6 Å². The number of carboxylic acids is 1. The van der Waals surface area contributed by atoms with E-state index < -0.39 is 29.9 Å². The molecule has 0 saturated carbocycles. The molecule has 3 heterocycles. The Kier molecular flexibility index (Phi) is 9.29. The standard InChI is InChI=1S/C27H34N6O6/c1-2-39-27(38)33-16-14-32(15-17-33)26(37)20(10-11-23(34)35)29-25(36)21-18-22(31-12-6-7-13-31)30-24(28-21)19-8-4-3-5-9-19/h3-5,8-9,18,20H,2,6-7,10-17H2,1H3,(H,29,36)(H,34,35). The van der Waals surface area contributed by atoms with Gasteiger partial charge in [-0.3, -0.25) is 14.4 Å². The summed E-state index contributed by atoms with van der Waals surface area (Å²) < 4.78 is 5.02. The van der Waals surface area contributed by atoms with Crippen molar-refractivity contribution >= 4 is 29.7 Å². The van der Waals surface area contributed by atoms with Crippen LogP contribution in [0.5, 0.6) is 0 Å². The first kappa shape index (κ1) is 27.8. The molecule has 2 saturated heterocycles. The summed E-state index contributed by atoms with van der Waals surface area (Å²) in [7, 11) is 0. The van der Waals surface area contributed by atoms with Gasteiger partial charge < -0.3 is 29.9 Å². The Morgan fingerprint density at radius 3 is 2.28 bits per heavy atom. The zero-order chi connectivity index (χ0) is 27.8. The topological polar surface area (TPSA) is 145 Å². The fraction of sp³-hybridized carbons (Fsp3) is 0.481. The smallest absolute Gasteiger partial charge is 0.409 e. The Labute approximate surface area is 227 Å². The Morgan fingerprint density at radius 1 is 0.974 bits per heavy atom. The molecule has 208 valence electrons. The van der Waals surface area contributed by atoms with E-state index in [1.54, 1.807) is 13.0 Å². The number of nitrogens with zero attached hydrogens (tertiary/aromatic N) is 5. The monoisotopic (exact) mass is 538 g/mol. The molecule has 4 rings (SSSR count). The molecular formula is C27H34N6O6. The molecule has 0 aliphatic carbocycles. The first-order chi connectivity index (χ1) is 18.9. The van der Waals surface area contributed by atoms with E-state index in [9.17, 15) is 24.3 Å². The van der Waals surface area contributed by atoms with Gasteiger partial charge in [-0.05, 0) is 26.2 Å². The number of aliphatic carboxylic acids is 1. The fourth-order valence-corrected chi connectivity index (χ4v) is 4.68. The minimum Gasteiger partial charge on any atom is -0.481 e. The molecular weight excluding hydrogens is 504 g/mol. The second-order valence-corrected chi connectivity index (χ2v) is 9.46. The van der Waals surface area contributed by atoms with Gasteiger partial charge in [-0.2, -0.15) is 0 Å². The maximum absolute atomic E-state index is 13.4. The van der Waals surface area contributed by atoms with E-state index in [0.29, 0.717) is 11.6 Å². The maximum Gasteiger partial charge on any atom is 0.409 e. The number of rotatable bonds is 9. The van der Waals surface area contributed by atoms with Crippen LogP contribution in [0.2, 0.25) is 0 Å². The number of hydrogen-bond acceptors (Lipinski definition) is 8. The zero-order valence-corrected chi connectivity index (χ0v) is 22.0. The lowest BCUT2D eigenvalue weighted by Gasteiger charge is -2.35. The van der Waals surface area contributed by atoms with Gasteiger partial charge in [0.25, 0.3) is 5.91 Å². The largest absolute Gasteiger partial charge is 0.481 e. The number of aromatic nitrogens is 2. The van der Waals surface area contributed by atoms with E-state index in [2.05, 4.69) is 20.2 Å². The van der Waals surface area contributed by atoms with Gasteiger partial charge in [-0.25, -0.2) is 14.8 Å². The Balaban J connectivity index is 1.53. The normalized spacial score (nSPS) is 16.1. The van der Waals surface area contributed by atoms with Crippen LogP contribution in [0.15, 0.2) is 36.4 Å². The van der Waals surface area contributed by atoms with Crippen molar-refractivity contribution in [2.45, 2.75) is 38.6 Å². The van der Waals surface area contributed by atoms with Gasteiger partial charge >= 0.3 is 12.1 Å². The highest BCUT2D eigenvalue weighted by molar-refractivity contribution is 5.97. The molecule has 1 atom stereocenters. The van der Waals surface area contributed by atoms with Gasteiger partial charge in [0.1, 0.15) is 17.6 Å². The van der Waals surface area contributed by atoms with E-state index in [4.69, 9.17) is 4.74 Å². The lowest BCUT2D eigenvalue weighted by Crippen LogP contribution is -2.56. The van der Waals surface area contributed by atoms with Crippen molar-refractivity contribution in [3.05, 3.63) is 42.1 Å². The van der Waals surface area contributed by atoms with E-state index >= 15 is 0 Å². The molecule has 12 nitrogen and oxygen atoms in total. The number of anilines is 1. The van der Waals surface area contributed by atoms with E-state index in [1.165, 1.54) is 9.80 Å². The minimum absolute atomic E-state index is 0.0758. The number of carbonyl (C=O) groups excluding carboxylic acids is 3. The van der Waals surface area contributed by atoms with Crippen molar-refractivity contribution in [2.75, 3.05) is 50.8 Å². The molecule has 2 aromatic rings. The van der Waals surface area contributed by atoms with Crippen molar-refractivity contribution in [3.63, 3.8) is 0 Å².